The van der Waals surface area contributed by atoms with E-state index in [1.807, 2.05) is 18.2 Å². The topological polar surface area (TPSA) is 69.0 Å². The van der Waals surface area contributed by atoms with Gasteiger partial charge in [-0.05, 0) is 0 Å². The summed E-state index contributed by atoms with van der Waals surface area (Å²) in [5.74, 6) is 0. The molecule has 1 rings (SSSR count). The average molecular weight is 298 g/mol. The van der Waals surface area contributed by atoms with Gasteiger partial charge in [0.25, 0.3) is 0 Å². The minimum absolute atomic E-state index is 0.243. The van der Waals surface area contributed by atoms with Crippen LogP contribution in [0.5, 0.6) is 0 Å². The molecule has 0 aromatic heterocycles. The fourth-order valence-corrected chi connectivity index (χ4v) is 3.85. The number of hydrogen-bond acceptors (Lipinski definition) is 2. The summed E-state index contributed by atoms with van der Waals surface area (Å²) >= 11 is 0.338. The van der Waals surface area contributed by atoms with E-state index in [4.69, 9.17) is 10.6 Å². The molecule has 0 amide bonds. The van der Waals surface area contributed by atoms with Gasteiger partial charge in [0.15, 0.2) is 0 Å². The van der Waals surface area contributed by atoms with E-state index < -0.39 is 0 Å². The summed E-state index contributed by atoms with van der Waals surface area (Å²) in [6.45, 7) is 0.809. The molecule has 1 aromatic carbocycles. The third-order valence-corrected chi connectivity index (χ3v) is 4.98. The van der Waals surface area contributed by atoms with Gasteiger partial charge in [-0.15, -0.1) is 0 Å². The fraction of sp³-hybridized carbons (Fsp3) is 0.500. The number of aliphatic hydroxyl groups excluding tert-OH is 1. The second-order valence-electron chi connectivity index (χ2n) is 3.69. The van der Waals surface area contributed by atoms with Crippen molar-refractivity contribution < 1.29 is 5.11 Å². The maximum atomic E-state index is 8.77. The molecule has 0 aliphatic heterocycles. The first kappa shape index (κ1) is 14.1. The molecule has 1 N–H and O–H groups in total. The molecule has 0 saturated heterocycles. The average Bonchev–Trinajstić information content (AvgIpc) is 2.37. The summed E-state index contributed by atoms with van der Waals surface area (Å²) in [6.07, 6.45) is 2.85. The predicted octanol–water partition coefficient (Wildman–Crippen LogP) is 2.28. The Morgan fingerprint density at radius 1 is 1.29 bits per heavy atom. The van der Waals surface area contributed by atoms with Crippen LogP contribution in [-0.2, 0) is 0 Å². The van der Waals surface area contributed by atoms with Gasteiger partial charge in [-0.2, -0.15) is 0 Å². The fourth-order valence-electron chi connectivity index (χ4n) is 1.49. The van der Waals surface area contributed by atoms with Crippen LogP contribution in [-0.4, -0.2) is 33.2 Å². The molecule has 92 valence electrons. The number of rotatable bonds is 8. The summed E-state index contributed by atoms with van der Waals surface area (Å²) in [6, 6.07) is 10.3. The van der Waals surface area contributed by atoms with Crippen molar-refractivity contribution in [2.24, 2.45) is 5.11 Å². The quantitative estimate of drug-likeness (QED) is 0.258. The van der Waals surface area contributed by atoms with Crippen LogP contribution in [0, 0.1) is 0 Å². The molecular weight excluding hydrogens is 281 g/mol. The van der Waals surface area contributed by atoms with Gasteiger partial charge in [0, 0.05) is 0 Å². The van der Waals surface area contributed by atoms with Gasteiger partial charge in [-0.25, -0.2) is 0 Å². The van der Waals surface area contributed by atoms with E-state index in [9.17, 15) is 0 Å². The molecule has 0 aliphatic carbocycles. The van der Waals surface area contributed by atoms with E-state index in [2.05, 4.69) is 22.2 Å². The van der Waals surface area contributed by atoms with E-state index in [0.29, 0.717) is 26.3 Å². The van der Waals surface area contributed by atoms with Crippen LogP contribution in [0.15, 0.2) is 35.4 Å². The molecule has 1 unspecified atom stereocenters. The van der Waals surface area contributed by atoms with Gasteiger partial charge in [0.2, 0.25) is 0 Å². The zero-order valence-corrected chi connectivity index (χ0v) is 11.4. The number of benzene rings is 1. The molecule has 1 aromatic rings. The van der Waals surface area contributed by atoms with Crippen molar-refractivity contribution in [1.29, 1.82) is 0 Å². The number of hydrogen-bond donors (Lipinski definition) is 1. The van der Waals surface area contributed by atoms with E-state index in [1.165, 1.54) is 4.46 Å². The molecule has 0 aliphatic rings. The van der Waals surface area contributed by atoms with Crippen LogP contribution < -0.4 is 4.46 Å². The summed E-state index contributed by atoms with van der Waals surface area (Å²) in [5.41, 5.74) is 8.38. The Morgan fingerprint density at radius 2 is 2.06 bits per heavy atom. The maximum absolute atomic E-state index is 8.77. The van der Waals surface area contributed by atoms with E-state index in [1.54, 1.807) is 0 Å². The summed E-state index contributed by atoms with van der Waals surface area (Å²) < 4.78 is 1.34. The summed E-state index contributed by atoms with van der Waals surface area (Å²) in [7, 11) is 0. The summed E-state index contributed by atoms with van der Waals surface area (Å²) in [5, 5.41) is 12.4. The number of nitrogens with zero attached hydrogens (tertiary/aromatic N) is 3. The first-order valence-electron chi connectivity index (χ1n) is 5.70. The van der Waals surface area contributed by atoms with Crippen LogP contribution in [0.2, 0.25) is 4.82 Å². The molecule has 5 heteroatoms. The molecule has 0 heterocycles. The third-order valence-electron chi connectivity index (χ3n) is 2.33. The zero-order chi connectivity index (χ0) is 12.3. The molecule has 17 heavy (non-hydrogen) atoms. The molecule has 1 atom stereocenters. The van der Waals surface area contributed by atoms with Crippen LogP contribution in [0.1, 0.15) is 19.3 Å². The monoisotopic (exact) mass is 299 g/mol. The van der Waals surface area contributed by atoms with E-state index in [0.717, 1.165) is 19.3 Å². The van der Waals surface area contributed by atoms with Gasteiger partial charge in [-0.3, -0.25) is 0 Å². The normalized spacial score (nSPS) is 11.8. The second-order valence-corrected chi connectivity index (χ2v) is 6.57. The zero-order valence-electron chi connectivity index (χ0n) is 9.70. The number of unbranched alkanes of at least 4 members (excludes halogenated alkanes) is 1. The Hall–Kier alpha value is -0.991. The van der Waals surface area contributed by atoms with Gasteiger partial charge in [-0.1, -0.05) is 0 Å². The minimum atomic E-state index is 0.243. The van der Waals surface area contributed by atoms with Gasteiger partial charge < -0.3 is 0 Å². The van der Waals surface area contributed by atoms with Crippen LogP contribution in [0.3, 0.4) is 0 Å². The molecule has 0 saturated carbocycles. The Kier molecular flexibility index (Phi) is 7.52. The third kappa shape index (κ3) is 6.34. The van der Waals surface area contributed by atoms with Gasteiger partial charge in [0.05, 0.1) is 0 Å². The standard InChI is InChI=1S/C12H17N3OSe/c13-15-14-10-12(8-4-5-9-16)17-11-6-2-1-3-7-11/h1-3,6-7,12,16H,4-5,8-10H2. The molecular formula is C12H17N3OSe. The van der Waals surface area contributed by atoms with E-state index >= 15 is 0 Å². The van der Waals surface area contributed by atoms with Crippen molar-refractivity contribution in [2.75, 3.05) is 13.2 Å². The number of azide groups is 1. The van der Waals surface area contributed by atoms with Crippen molar-refractivity contribution in [3.05, 3.63) is 40.8 Å². The Bertz CT molecular complexity index is 352. The predicted molar refractivity (Wildman–Crippen MR) is 70.5 cm³/mol. The molecule has 0 spiro atoms. The van der Waals surface area contributed by atoms with Gasteiger partial charge >= 0.3 is 108 Å². The molecule has 0 bridgehead atoms. The Balaban J connectivity index is 2.47. The van der Waals surface area contributed by atoms with Crippen molar-refractivity contribution >= 4 is 19.4 Å². The molecule has 4 nitrogen and oxygen atoms in total. The van der Waals surface area contributed by atoms with E-state index in [-0.39, 0.29) is 6.61 Å². The first-order chi connectivity index (χ1) is 8.36. The van der Waals surface area contributed by atoms with Crippen molar-refractivity contribution in [2.45, 2.75) is 24.1 Å². The van der Waals surface area contributed by atoms with Crippen molar-refractivity contribution in [3.63, 3.8) is 0 Å². The summed E-state index contributed by atoms with van der Waals surface area (Å²) in [4.78, 5) is 3.27. The van der Waals surface area contributed by atoms with Gasteiger partial charge in [0.1, 0.15) is 0 Å². The first-order valence-corrected chi connectivity index (χ1v) is 7.55. The molecule has 0 fully saturated rings. The van der Waals surface area contributed by atoms with Crippen molar-refractivity contribution in [1.82, 2.24) is 0 Å². The molecule has 0 radical (unpaired) electrons. The van der Waals surface area contributed by atoms with Crippen molar-refractivity contribution in [3.8, 4) is 0 Å². The van der Waals surface area contributed by atoms with Crippen LogP contribution in [0.4, 0.5) is 0 Å². The number of aliphatic hydroxyl groups is 1. The Labute approximate surface area is 108 Å². The van der Waals surface area contributed by atoms with Crippen LogP contribution >= 0.6 is 0 Å². The second kappa shape index (κ2) is 9.08. The SMILES string of the molecule is [N-]=[N+]=NCC(CCCCO)[Se]c1ccccc1. The van der Waals surface area contributed by atoms with Crippen LogP contribution in [0.25, 0.3) is 10.4 Å². The Morgan fingerprint density at radius 3 is 2.71 bits per heavy atom.